The van der Waals surface area contributed by atoms with Gasteiger partial charge in [-0.1, -0.05) is 6.07 Å². The number of aromatic nitrogens is 1. The summed E-state index contributed by atoms with van der Waals surface area (Å²) in [5.74, 6) is -0.804. The molecule has 0 saturated carbocycles. The fourth-order valence-corrected chi connectivity index (χ4v) is 0.764. The van der Waals surface area contributed by atoms with Crippen LogP contribution < -0.4 is 5.46 Å². The van der Waals surface area contributed by atoms with E-state index in [0.29, 0.717) is 0 Å². The van der Waals surface area contributed by atoms with Crippen LogP contribution in [0, 0.1) is 5.95 Å². The minimum atomic E-state index is -1.69. The molecule has 12 heavy (non-hydrogen) atoms. The van der Waals surface area contributed by atoms with E-state index in [2.05, 4.69) is 4.98 Å². The molecule has 0 aliphatic carbocycles. The lowest BCUT2D eigenvalue weighted by molar-refractivity contribution is 0.274. The number of nitrogens with zero attached hydrogens (tertiary/aromatic N) is 1. The molecule has 0 aromatic carbocycles. The van der Waals surface area contributed by atoms with E-state index in [1.54, 1.807) is 0 Å². The lowest BCUT2D eigenvalue weighted by Gasteiger charge is -2.01. The minimum absolute atomic E-state index is 0.0550. The second-order valence-electron chi connectivity index (χ2n) is 2.25. The highest BCUT2D eigenvalue weighted by atomic mass is 19.1. The predicted octanol–water partition coefficient (Wildman–Crippen LogP) is -1.61. The van der Waals surface area contributed by atoms with Gasteiger partial charge in [-0.05, 0) is 0 Å². The molecule has 4 nitrogen and oxygen atoms in total. The Bertz CT molecular complexity index is 281. The molecule has 1 aromatic heterocycles. The molecule has 0 aliphatic rings. The van der Waals surface area contributed by atoms with Crippen LogP contribution in [-0.4, -0.2) is 27.3 Å². The van der Waals surface area contributed by atoms with Gasteiger partial charge in [-0.3, -0.25) is 0 Å². The first-order chi connectivity index (χ1) is 5.65. The van der Waals surface area contributed by atoms with Crippen LogP contribution in [0.15, 0.2) is 12.3 Å². The van der Waals surface area contributed by atoms with Gasteiger partial charge < -0.3 is 15.2 Å². The van der Waals surface area contributed by atoms with Crippen LogP contribution in [0.4, 0.5) is 4.39 Å². The first-order valence-electron chi connectivity index (χ1n) is 3.26. The first kappa shape index (κ1) is 9.12. The zero-order chi connectivity index (χ0) is 9.14. The molecule has 6 heteroatoms. The number of halogens is 1. The number of aliphatic hydroxyl groups is 1. The van der Waals surface area contributed by atoms with E-state index in [0.717, 1.165) is 12.3 Å². The van der Waals surface area contributed by atoms with Gasteiger partial charge in [0.05, 0.1) is 6.61 Å². The third kappa shape index (κ3) is 1.79. The Hall–Kier alpha value is -0.975. The Morgan fingerprint density at radius 1 is 1.50 bits per heavy atom. The number of rotatable bonds is 2. The summed E-state index contributed by atoms with van der Waals surface area (Å²) in [7, 11) is -1.69. The standard InChI is InChI=1S/C6H7BFNO3/c8-6-4(3-10)1-5(2-9-6)7(11)12/h1-2,10-12H,3H2. The van der Waals surface area contributed by atoms with Crippen molar-refractivity contribution in [1.29, 1.82) is 0 Å². The summed E-state index contributed by atoms with van der Waals surface area (Å²) in [5.41, 5.74) is 0.000972. The number of aliphatic hydroxyl groups excluding tert-OH is 1. The van der Waals surface area contributed by atoms with E-state index in [9.17, 15) is 4.39 Å². The molecular formula is C6H7BFNO3. The molecule has 0 radical (unpaired) electrons. The summed E-state index contributed by atoms with van der Waals surface area (Å²) >= 11 is 0. The van der Waals surface area contributed by atoms with Crippen molar-refractivity contribution in [2.24, 2.45) is 0 Å². The first-order valence-corrected chi connectivity index (χ1v) is 3.26. The van der Waals surface area contributed by atoms with Crippen LogP contribution >= 0.6 is 0 Å². The summed E-state index contributed by atoms with van der Waals surface area (Å²) in [4.78, 5) is 3.22. The normalized spacial score (nSPS) is 10.0. The van der Waals surface area contributed by atoms with E-state index in [-0.39, 0.29) is 11.0 Å². The van der Waals surface area contributed by atoms with Gasteiger partial charge in [0.2, 0.25) is 5.95 Å². The monoisotopic (exact) mass is 171 g/mol. The summed E-state index contributed by atoms with van der Waals surface area (Å²) in [6.45, 7) is -0.514. The highest BCUT2D eigenvalue weighted by Gasteiger charge is 2.13. The molecule has 0 aliphatic heterocycles. The smallest absolute Gasteiger partial charge is 0.423 e. The number of hydrogen-bond donors (Lipinski definition) is 3. The average Bonchev–Trinajstić information content (AvgIpc) is 2.05. The van der Waals surface area contributed by atoms with Gasteiger partial charge in [0, 0.05) is 17.2 Å². The molecule has 0 unspecified atom stereocenters. The number of pyridine rings is 1. The predicted molar refractivity (Wildman–Crippen MR) is 39.9 cm³/mol. The van der Waals surface area contributed by atoms with Crippen molar-refractivity contribution in [3.8, 4) is 0 Å². The molecule has 1 aromatic rings. The van der Waals surface area contributed by atoms with Crippen LogP contribution in [0.2, 0.25) is 0 Å². The average molecular weight is 171 g/mol. The Morgan fingerprint density at radius 3 is 2.67 bits per heavy atom. The maximum atomic E-state index is 12.6. The molecule has 0 fully saturated rings. The Labute approximate surface area is 68.5 Å². The van der Waals surface area contributed by atoms with Gasteiger partial charge in [-0.2, -0.15) is 4.39 Å². The van der Waals surface area contributed by atoms with Crippen molar-refractivity contribution < 1.29 is 19.5 Å². The summed E-state index contributed by atoms with van der Waals surface area (Å²) in [5, 5.41) is 25.9. The molecule has 64 valence electrons. The van der Waals surface area contributed by atoms with Crippen molar-refractivity contribution in [2.75, 3.05) is 0 Å². The zero-order valence-corrected chi connectivity index (χ0v) is 6.11. The SMILES string of the molecule is OCc1cc(B(O)O)cnc1F. The molecule has 0 saturated heterocycles. The minimum Gasteiger partial charge on any atom is -0.423 e. The van der Waals surface area contributed by atoms with Crippen LogP contribution in [0.1, 0.15) is 5.56 Å². The second-order valence-corrected chi connectivity index (χ2v) is 2.25. The second kappa shape index (κ2) is 3.62. The van der Waals surface area contributed by atoms with Crippen LogP contribution in [0.3, 0.4) is 0 Å². The molecule has 0 amide bonds. The van der Waals surface area contributed by atoms with Gasteiger partial charge >= 0.3 is 7.12 Å². The highest BCUT2D eigenvalue weighted by Crippen LogP contribution is 2.00. The molecule has 0 atom stereocenters. The number of hydrogen-bond acceptors (Lipinski definition) is 4. The lowest BCUT2D eigenvalue weighted by atomic mass is 9.81. The van der Waals surface area contributed by atoms with Gasteiger partial charge in [0.15, 0.2) is 0 Å². The molecule has 0 bridgehead atoms. The van der Waals surface area contributed by atoms with Crippen molar-refractivity contribution in [3.05, 3.63) is 23.8 Å². The summed E-state index contributed by atoms with van der Waals surface area (Å²) in [6, 6.07) is 1.15. The van der Waals surface area contributed by atoms with E-state index in [4.69, 9.17) is 15.2 Å². The van der Waals surface area contributed by atoms with Crippen LogP contribution in [0.25, 0.3) is 0 Å². The van der Waals surface area contributed by atoms with E-state index < -0.39 is 19.7 Å². The molecule has 1 rings (SSSR count). The summed E-state index contributed by atoms with van der Waals surface area (Å²) in [6.07, 6.45) is 0.999. The van der Waals surface area contributed by atoms with Crippen LogP contribution in [0.5, 0.6) is 0 Å². The fraction of sp³-hybridized carbons (Fsp3) is 0.167. The molecule has 0 spiro atoms. The largest absolute Gasteiger partial charge is 0.490 e. The Morgan fingerprint density at radius 2 is 2.17 bits per heavy atom. The third-order valence-electron chi connectivity index (χ3n) is 1.40. The van der Waals surface area contributed by atoms with Gasteiger partial charge in [-0.25, -0.2) is 4.98 Å². The van der Waals surface area contributed by atoms with E-state index in [1.165, 1.54) is 0 Å². The van der Waals surface area contributed by atoms with Crippen molar-refractivity contribution >= 4 is 12.6 Å². The third-order valence-corrected chi connectivity index (χ3v) is 1.40. The van der Waals surface area contributed by atoms with Gasteiger partial charge in [-0.15, -0.1) is 0 Å². The van der Waals surface area contributed by atoms with Crippen molar-refractivity contribution in [3.63, 3.8) is 0 Å². The fourth-order valence-electron chi connectivity index (χ4n) is 0.764. The van der Waals surface area contributed by atoms with Crippen molar-refractivity contribution in [1.82, 2.24) is 4.98 Å². The van der Waals surface area contributed by atoms with E-state index >= 15 is 0 Å². The lowest BCUT2D eigenvalue weighted by Crippen LogP contribution is -2.31. The molecule has 3 N–H and O–H groups in total. The Kier molecular flexibility index (Phi) is 2.75. The maximum absolute atomic E-state index is 12.6. The highest BCUT2D eigenvalue weighted by molar-refractivity contribution is 6.58. The topological polar surface area (TPSA) is 73.6 Å². The van der Waals surface area contributed by atoms with Gasteiger partial charge in [0.1, 0.15) is 0 Å². The molecule has 1 heterocycles. The summed E-state index contributed by atoms with van der Waals surface area (Å²) < 4.78 is 12.6. The maximum Gasteiger partial charge on any atom is 0.490 e. The zero-order valence-electron chi connectivity index (χ0n) is 6.11. The van der Waals surface area contributed by atoms with E-state index in [1.807, 2.05) is 0 Å². The van der Waals surface area contributed by atoms with Crippen molar-refractivity contribution in [2.45, 2.75) is 6.61 Å². The van der Waals surface area contributed by atoms with Gasteiger partial charge in [0.25, 0.3) is 0 Å². The van der Waals surface area contributed by atoms with Crippen LogP contribution in [-0.2, 0) is 6.61 Å². The Balaban J connectivity index is 3.05. The quantitative estimate of drug-likeness (QED) is 0.369. The molecular weight excluding hydrogens is 164 g/mol.